The highest BCUT2D eigenvalue weighted by Crippen LogP contribution is 2.52. The molecule has 2 fully saturated rings. The normalized spacial score (nSPS) is 29.6. The summed E-state index contributed by atoms with van der Waals surface area (Å²) >= 11 is 0. The molecule has 4 nitrogen and oxygen atoms in total. The van der Waals surface area contributed by atoms with Crippen LogP contribution in [0.2, 0.25) is 0 Å². The van der Waals surface area contributed by atoms with Gasteiger partial charge in [-0.25, -0.2) is 0 Å². The third kappa shape index (κ3) is 4.07. The smallest absolute Gasteiger partial charge is 0.257 e. The molecule has 0 aromatic carbocycles. The number of hydrogen-bond donors (Lipinski definition) is 0. The highest BCUT2D eigenvalue weighted by Gasteiger charge is 2.64. The number of likely N-dealkylation sites (N-methyl/N-ethyl adjacent to an activating group) is 1. The topological polar surface area (TPSA) is 32.8 Å². The zero-order valence-corrected chi connectivity index (χ0v) is 19.3. The van der Waals surface area contributed by atoms with Gasteiger partial charge >= 0.3 is 0 Å². The Kier molecular flexibility index (Phi) is 6.74. The molecule has 0 saturated carbocycles. The van der Waals surface area contributed by atoms with E-state index in [1.54, 1.807) is 0 Å². The fraction of sp³-hybridized carbons (Fsp3) is 0.957. The minimum atomic E-state index is -0.674. The molecule has 0 aromatic heterocycles. The summed E-state index contributed by atoms with van der Waals surface area (Å²) < 4.78 is 6.87. The fourth-order valence-corrected chi connectivity index (χ4v) is 6.23. The van der Waals surface area contributed by atoms with Crippen molar-refractivity contribution in [2.24, 2.45) is 0 Å². The van der Waals surface area contributed by atoms with Gasteiger partial charge in [0.05, 0.1) is 0 Å². The molecule has 0 bridgehead atoms. The van der Waals surface area contributed by atoms with Gasteiger partial charge in [-0.2, -0.15) is 0 Å². The molecule has 2 heterocycles. The zero-order chi connectivity index (χ0) is 20.5. The Labute approximate surface area is 168 Å². The lowest BCUT2D eigenvalue weighted by Gasteiger charge is -2.57. The van der Waals surface area contributed by atoms with Crippen LogP contribution in [0.4, 0.5) is 0 Å². The first-order chi connectivity index (χ1) is 12.5. The minimum absolute atomic E-state index is 0.0576. The number of likely N-dealkylation sites (tertiary alicyclic amines) is 1. The van der Waals surface area contributed by atoms with Crippen LogP contribution in [-0.2, 0) is 9.53 Å². The van der Waals surface area contributed by atoms with Gasteiger partial charge in [-0.1, -0.05) is 46.5 Å². The molecular weight excluding hydrogens is 336 g/mol. The first-order valence-corrected chi connectivity index (χ1v) is 11.3. The van der Waals surface area contributed by atoms with Crippen molar-refractivity contribution < 1.29 is 9.53 Å². The third-order valence-corrected chi connectivity index (χ3v) is 7.13. The molecule has 0 aromatic rings. The first-order valence-electron chi connectivity index (χ1n) is 11.3. The van der Waals surface area contributed by atoms with Gasteiger partial charge in [-0.05, 0) is 53.5 Å². The van der Waals surface area contributed by atoms with Gasteiger partial charge in [-0.15, -0.1) is 0 Å². The number of hydrogen-bond acceptors (Lipinski definition) is 3. The van der Waals surface area contributed by atoms with E-state index in [1.807, 2.05) is 11.9 Å². The van der Waals surface area contributed by atoms with Crippen LogP contribution < -0.4 is 0 Å². The lowest BCUT2D eigenvalue weighted by Crippen LogP contribution is -2.67. The van der Waals surface area contributed by atoms with Crippen molar-refractivity contribution >= 4 is 5.91 Å². The van der Waals surface area contributed by atoms with Gasteiger partial charge in [0, 0.05) is 31.0 Å². The Morgan fingerprint density at radius 2 is 1.48 bits per heavy atom. The number of carbonyl (C=O) groups is 1. The highest BCUT2D eigenvalue weighted by molar-refractivity contribution is 5.88. The summed E-state index contributed by atoms with van der Waals surface area (Å²) in [5, 5.41) is 0. The van der Waals surface area contributed by atoms with Gasteiger partial charge in [0.2, 0.25) is 0 Å². The molecule has 2 rings (SSSR count). The van der Waals surface area contributed by atoms with Gasteiger partial charge in [-0.3, -0.25) is 9.69 Å². The summed E-state index contributed by atoms with van der Waals surface area (Å²) in [6, 6.07) is 0. The van der Waals surface area contributed by atoms with Gasteiger partial charge < -0.3 is 9.64 Å². The van der Waals surface area contributed by atoms with E-state index in [4.69, 9.17) is 4.74 Å². The summed E-state index contributed by atoms with van der Waals surface area (Å²) in [6.45, 7) is 16.7. The molecule has 158 valence electrons. The maximum Gasteiger partial charge on any atom is 0.257 e. The molecule has 2 aliphatic heterocycles. The largest absolute Gasteiger partial charge is 0.339 e. The fourth-order valence-electron chi connectivity index (χ4n) is 6.23. The maximum atomic E-state index is 13.5. The van der Waals surface area contributed by atoms with Crippen molar-refractivity contribution in [1.82, 2.24) is 9.80 Å². The predicted octanol–water partition coefficient (Wildman–Crippen LogP) is 5.35. The maximum absolute atomic E-state index is 13.5. The van der Waals surface area contributed by atoms with Crippen molar-refractivity contribution in [2.45, 2.75) is 129 Å². The Morgan fingerprint density at radius 3 is 1.96 bits per heavy atom. The molecule has 1 atom stereocenters. The molecule has 1 spiro atoms. The van der Waals surface area contributed by atoms with E-state index < -0.39 is 11.3 Å². The van der Waals surface area contributed by atoms with Crippen LogP contribution in [0.15, 0.2) is 0 Å². The molecule has 0 radical (unpaired) electrons. The second-order valence-electron chi connectivity index (χ2n) is 10.1. The highest BCUT2D eigenvalue weighted by atomic mass is 16.6. The third-order valence-electron chi connectivity index (χ3n) is 7.13. The second kappa shape index (κ2) is 8.02. The van der Waals surface area contributed by atoms with Crippen LogP contribution in [0, 0.1) is 0 Å². The molecule has 2 aliphatic rings. The molecule has 4 heteroatoms. The molecule has 0 N–H and O–H groups in total. The van der Waals surface area contributed by atoms with Crippen LogP contribution in [0.25, 0.3) is 0 Å². The number of unbranched alkanes of at least 4 members (excludes halogenated alkanes) is 4. The average Bonchev–Trinajstić information content (AvgIpc) is 2.75. The summed E-state index contributed by atoms with van der Waals surface area (Å²) in [5.41, 5.74) is -1.22. The van der Waals surface area contributed by atoms with E-state index in [0.29, 0.717) is 0 Å². The van der Waals surface area contributed by atoms with E-state index in [9.17, 15) is 4.79 Å². The van der Waals surface area contributed by atoms with Crippen molar-refractivity contribution in [3.05, 3.63) is 0 Å². The average molecular weight is 381 g/mol. The minimum Gasteiger partial charge on any atom is -0.339 e. The number of rotatable bonds is 8. The second-order valence-corrected chi connectivity index (χ2v) is 10.1. The lowest BCUT2D eigenvalue weighted by atomic mass is 9.70. The molecule has 1 amide bonds. The van der Waals surface area contributed by atoms with E-state index in [2.05, 4.69) is 53.4 Å². The van der Waals surface area contributed by atoms with E-state index in [-0.39, 0.29) is 17.0 Å². The quantitative estimate of drug-likeness (QED) is 0.532. The number of carbonyl (C=O) groups excluding carboxylic acids is 1. The van der Waals surface area contributed by atoms with Crippen LogP contribution in [0.3, 0.4) is 0 Å². The van der Waals surface area contributed by atoms with Gasteiger partial charge in [0.15, 0.2) is 5.60 Å². The Morgan fingerprint density at radius 1 is 0.926 bits per heavy atom. The zero-order valence-electron chi connectivity index (χ0n) is 19.3. The van der Waals surface area contributed by atoms with Gasteiger partial charge in [0.1, 0.15) is 5.72 Å². The van der Waals surface area contributed by atoms with Gasteiger partial charge in [0.25, 0.3) is 5.91 Å². The van der Waals surface area contributed by atoms with Crippen molar-refractivity contribution in [3.8, 4) is 0 Å². The first kappa shape index (κ1) is 22.7. The van der Waals surface area contributed by atoms with Crippen LogP contribution in [-0.4, -0.2) is 51.7 Å². The molecule has 2 saturated heterocycles. The lowest BCUT2D eigenvalue weighted by molar-refractivity contribution is -0.196. The number of nitrogens with zero attached hydrogens (tertiary/aromatic N) is 2. The van der Waals surface area contributed by atoms with Crippen molar-refractivity contribution in [3.63, 3.8) is 0 Å². The Hall–Kier alpha value is -0.610. The molecule has 1 unspecified atom stereocenters. The van der Waals surface area contributed by atoms with Crippen molar-refractivity contribution in [2.75, 3.05) is 13.6 Å². The van der Waals surface area contributed by atoms with E-state index >= 15 is 0 Å². The standard InChI is InChI=1S/C23H44N2O2/c1-9-12-13-14-15-16-23(10-2)24(8)19(26)22(27-23)17-20(4,5)25(11-3)21(6,7)18-22/h9-18H2,1-8H3. The van der Waals surface area contributed by atoms with Crippen LogP contribution in [0.5, 0.6) is 0 Å². The monoisotopic (exact) mass is 380 g/mol. The Balaban J connectivity index is 2.24. The summed E-state index contributed by atoms with van der Waals surface area (Å²) in [6.07, 6.45) is 9.58. The van der Waals surface area contributed by atoms with Crippen LogP contribution >= 0.6 is 0 Å². The SMILES string of the molecule is CCCCCCCC1(CC)OC2(CC(C)(C)N(CC)C(C)(C)C2)C(=O)N1C. The molecule has 0 aliphatic carbocycles. The Bertz CT molecular complexity index is 510. The predicted molar refractivity (Wildman–Crippen MR) is 113 cm³/mol. The van der Waals surface area contributed by atoms with E-state index in [0.717, 1.165) is 38.6 Å². The van der Waals surface area contributed by atoms with E-state index in [1.165, 1.54) is 25.7 Å². The number of piperidine rings is 1. The summed E-state index contributed by atoms with van der Waals surface area (Å²) in [4.78, 5) is 18.0. The van der Waals surface area contributed by atoms with Crippen LogP contribution in [0.1, 0.15) is 106 Å². The van der Waals surface area contributed by atoms with Crippen molar-refractivity contribution in [1.29, 1.82) is 0 Å². The number of amides is 1. The number of ether oxygens (including phenoxy) is 1. The molecule has 27 heavy (non-hydrogen) atoms. The summed E-state index contributed by atoms with van der Waals surface area (Å²) in [5.74, 6) is 0.204. The summed E-state index contributed by atoms with van der Waals surface area (Å²) in [7, 11) is 1.97. The molecular formula is C23H44N2O2.